The maximum atomic E-state index is 12.5. The van der Waals surface area contributed by atoms with Crippen molar-refractivity contribution in [3.63, 3.8) is 0 Å². The average Bonchev–Trinajstić information content (AvgIpc) is 2.17. The maximum Gasteiger partial charge on any atom is 0.311 e. The van der Waals surface area contributed by atoms with E-state index in [4.69, 9.17) is 0 Å². The van der Waals surface area contributed by atoms with Gasteiger partial charge in [0.15, 0.2) is 0 Å². The molecule has 0 N–H and O–H groups in total. The van der Waals surface area contributed by atoms with Crippen molar-refractivity contribution in [2.45, 2.75) is 12.8 Å². The number of ether oxygens (including phenoxy) is 1. The van der Waals surface area contributed by atoms with Crippen LogP contribution in [0.5, 0.6) is 0 Å². The Hall–Kier alpha value is -0.790. The molecule has 1 rings (SSSR count). The van der Waals surface area contributed by atoms with Gasteiger partial charge < -0.3 is 4.74 Å². The van der Waals surface area contributed by atoms with E-state index in [0.717, 1.165) is 0 Å². The van der Waals surface area contributed by atoms with Gasteiger partial charge in [-0.25, -0.2) is 13.8 Å². The molecule has 0 saturated heterocycles. The Labute approximate surface area is 99.0 Å². The average molecular weight is 327 g/mol. The van der Waals surface area contributed by atoms with Gasteiger partial charge in [-0.1, -0.05) is 0 Å². The van der Waals surface area contributed by atoms with Crippen molar-refractivity contribution in [2.75, 3.05) is 7.11 Å². The first-order chi connectivity index (χ1) is 7.04. The highest BCUT2D eigenvalue weighted by Gasteiger charge is 2.17. The molecule has 3 nitrogen and oxygen atoms in total. The predicted octanol–water partition coefficient (Wildman–Crippen LogP) is 2.34. The monoisotopic (exact) mass is 327 g/mol. The maximum absolute atomic E-state index is 12.5. The number of carbonyl (C=O) groups excluding carboxylic acids is 1. The fourth-order valence-corrected chi connectivity index (χ4v) is 1.51. The minimum atomic E-state index is -2.63. The molecule has 1 aromatic rings. The molecule has 82 valence electrons. The molecule has 0 unspecified atom stereocenters. The lowest BCUT2D eigenvalue weighted by molar-refractivity contribution is -0.139. The van der Waals surface area contributed by atoms with Gasteiger partial charge in [-0.15, -0.1) is 0 Å². The van der Waals surface area contributed by atoms with E-state index < -0.39 is 12.4 Å². The van der Waals surface area contributed by atoms with Gasteiger partial charge in [0.05, 0.1) is 19.2 Å². The van der Waals surface area contributed by atoms with Crippen molar-refractivity contribution in [1.29, 1.82) is 0 Å². The summed E-state index contributed by atoms with van der Waals surface area (Å²) < 4.78 is 30.0. The molecule has 15 heavy (non-hydrogen) atoms. The topological polar surface area (TPSA) is 39.2 Å². The van der Waals surface area contributed by atoms with Crippen molar-refractivity contribution in [3.8, 4) is 0 Å². The molecule has 0 radical (unpaired) electrons. The summed E-state index contributed by atoms with van der Waals surface area (Å²) in [6, 6.07) is 2.75. The Morgan fingerprint density at radius 2 is 2.27 bits per heavy atom. The summed E-state index contributed by atoms with van der Waals surface area (Å²) >= 11 is 1.90. The van der Waals surface area contributed by atoms with Crippen molar-refractivity contribution in [3.05, 3.63) is 27.1 Å². The number of methoxy groups -OCH3 is 1. The molecule has 0 aliphatic carbocycles. The summed E-state index contributed by atoms with van der Waals surface area (Å²) in [5.41, 5.74) is -0.149. The van der Waals surface area contributed by atoms with Crippen LogP contribution in [-0.4, -0.2) is 18.1 Å². The Bertz CT molecular complexity index is 371. The van der Waals surface area contributed by atoms with E-state index in [-0.39, 0.29) is 17.7 Å². The minimum absolute atomic E-state index is 0.0729. The third kappa shape index (κ3) is 3.37. The molecule has 0 amide bonds. The lowest BCUT2D eigenvalue weighted by Gasteiger charge is -2.07. The van der Waals surface area contributed by atoms with Crippen LogP contribution in [-0.2, 0) is 16.0 Å². The van der Waals surface area contributed by atoms with Crippen molar-refractivity contribution in [1.82, 2.24) is 4.98 Å². The van der Waals surface area contributed by atoms with Gasteiger partial charge in [0, 0.05) is 5.56 Å². The molecule has 0 bridgehead atoms. The van der Waals surface area contributed by atoms with Crippen molar-refractivity contribution >= 4 is 28.6 Å². The van der Waals surface area contributed by atoms with Crippen LogP contribution in [0.2, 0.25) is 0 Å². The molecule has 0 aliphatic heterocycles. The van der Waals surface area contributed by atoms with E-state index in [9.17, 15) is 13.6 Å². The third-order valence-electron chi connectivity index (χ3n) is 1.75. The minimum Gasteiger partial charge on any atom is -0.469 e. The van der Waals surface area contributed by atoms with Gasteiger partial charge in [-0.05, 0) is 34.7 Å². The molecule has 0 fully saturated rings. The molecule has 0 spiro atoms. The van der Waals surface area contributed by atoms with Crippen LogP contribution in [0.1, 0.15) is 17.7 Å². The lowest BCUT2D eigenvalue weighted by atomic mass is 10.1. The number of nitrogens with zero attached hydrogens (tertiary/aromatic N) is 1. The van der Waals surface area contributed by atoms with E-state index in [2.05, 4.69) is 9.72 Å². The summed E-state index contributed by atoms with van der Waals surface area (Å²) in [6.07, 6.45) is -2.86. The molecule has 0 saturated carbocycles. The van der Waals surface area contributed by atoms with Gasteiger partial charge in [0.2, 0.25) is 0 Å². The smallest absolute Gasteiger partial charge is 0.311 e. The van der Waals surface area contributed by atoms with Gasteiger partial charge in [-0.2, -0.15) is 0 Å². The molecular formula is C9H8F2INO2. The van der Waals surface area contributed by atoms with Gasteiger partial charge in [0.25, 0.3) is 6.43 Å². The third-order valence-corrected chi connectivity index (χ3v) is 2.35. The quantitative estimate of drug-likeness (QED) is 0.486. The summed E-state index contributed by atoms with van der Waals surface area (Å²) in [5.74, 6) is -0.577. The van der Waals surface area contributed by atoms with Crippen LogP contribution in [0.15, 0.2) is 12.1 Å². The van der Waals surface area contributed by atoms with Gasteiger partial charge in [0.1, 0.15) is 3.70 Å². The number of alkyl halides is 2. The van der Waals surface area contributed by atoms with Crippen molar-refractivity contribution in [2.24, 2.45) is 0 Å². The van der Waals surface area contributed by atoms with Crippen LogP contribution in [0.4, 0.5) is 8.78 Å². The highest BCUT2D eigenvalue weighted by Crippen LogP contribution is 2.22. The highest BCUT2D eigenvalue weighted by molar-refractivity contribution is 14.1. The summed E-state index contributed by atoms with van der Waals surface area (Å²) in [6.45, 7) is 0. The molecular weight excluding hydrogens is 319 g/mol. The van der Waals surface area contributed by atoms with Crippen molar-refractivity contribution < 1.29 is 18.3 Å². The number of hydrogen-bond donors (Lipinski definition) is 0. The Morgan fingerprint density at radius 3 is 2.80 bits per heavy atom. The van der Waals surface area contributed by atoms with Crippen LogP contribution in [0.3, 0.4) is 0 Å². The van der Waals surface area contributed by atoms with Crippen LogP contribution in [0, 0.1) is 3.70 Å². The fourth-order valence-electron chi connectivity index (χ4n) is 1.03. The van der Waals surface area contributed by atoms with Crippen LogP contribution in [0.25, 0.3) is 0 Å². The van der Waals surface area contributed by atoms with E-state index in [0.29, 0.717) is 3.70 Å². The summed E-state index contributed by atoms with van der Waals surface area (Å²) in [5, 5.41) is 0. The van der Waals surface area contributed by atoms with E-state index in [1.807, 2.05) is 22.6 Å². The molecule has 1 heterocycles. The van der Waals surface area contributed by atoms with Gasteiger partial charge >= 0.3 is 5.97 Å². The predicted molar refractivity (Wildman–Crippen MR) is 57.6 cm³/mol. The molecule has 1 aromatic heterocycles. The number of aromatic nitrogens is 1. The number of hydrogen-bond acceptors (Lipinski definition) is 3. The number of carbonyl (C=O) groups is 1. The molecule has 6 heteroatoms. The Kier molecular flexibility index (Phi) is 4.37. The Balaban J connectivity index is 3.02. The zero-order valence-corrected chi connectivity index (χ0v) is 9.99. The second kappa shape index (κ2) is 5.34. The van der Waals surface area contributed by atoms with E-state index >= 15 is 0 Å². The number of pyridine rings is 1. The SMILES string of the molecule is COC(=O)Cc1nc(I)ccc1C(F)F. The number of rotatable bonds is 3. The zero-order chi connectivity index (χ0) is 11.4. The first-order valence-electron chi connectivity index (χ1n) is 4.05. The molecule has 0 atom stereocenters. The first kappa shape index (κ1) is 12.3. The summed E-state index contributed by atoms with van der Waals surface area (Å²) in [7, 11) is 1.21. The number of esters is 1. The van der Waals surface area contributed by atoms with Gasteiger partial charge in [-0.3, -0.25) is 4.79 Å². The molecule has 0 aliphatic rings. The normalized spacial score (nSPS) is 10.5. The highest BCUT2D eigenvalue weighted by atomic mass is 127. The van der Waals surface area contributed by atoms with Crippen LogP contribution >= 0.6 is 22.6 Å². The largest absolute Gasteiger partial charge is 0.469 e. The zero-order valence-electron chi connectivity index (χ0n) is 7.84. The Morgan fingerprint density at radius 1 is 1.60 bits per heavy atom. The first-order valence-corrected chi connectivity index (χ1v) is 5.12. The fraction of sp³-hybridized carbons (Fsp3) is 0.333. The lowest BCUT2D eigenvalue weighted by Crippen LogP contribution is -2.09. The summed E-state index contributed by atoms with van der Waals surface area (Å²) in [4.78, 5) is 14.8. The second-order valence-electron chi connectivity index (χ2n) is 2.72. The molecule has 0 aromatic carbocycles. The van der Waals surface area contributed by atoms with E-state index in [1.165, 1.54) is 19.2 Å². The second-order valence-corrected chi connectivity index (χ2v) is 3.83. The van der Waals surface area contributed by atoms with Crippen LogP contribution < -0.4 is 0 Å². The van der Waals surface area contributed by atoms with E-state index in [1.54, 1.807) is 0 Å². The number of halogens is 3. The standard InChI is InChI=1S/C9H8F2INO2/c1-15-8(14)4-6-5(9(10)11)2-3-7(12)13-6/h2-3,9H,4H2,1H3.